The standard InChI is InChI=1S/C6H11NO6/c8-2-3(9)5(12)6(13)7-1-4(10)11/h3,5,8-9,12H,1-2H2,(H,7,13)(H,10,11). The highest BCUT2D eigenvalue weighted by Crippen LogP contribution is 1.91. The molecule has 0 aliphatic rings. The minimum Gasteiger partial charge on any atom is -0.480 e. The normalized spacial score (nSPS) is 14.7. The molecule has 0 aliphatic heterocycles. The molecule has 0 fully saturated rings. The lowest BCUT2D eigenvalue weighted by Crippen LogP contribution is -2.45. The van der Waals surface area contributed by atoms with Crippen LogP contribution in [-0.2, 0) is 9.59 Å². The minimum atomic E-state index is -1.82. The number of hydrogen-bond acceptors (Lipinski definition) is 5. The van der Waals surface area contributed by atoms with E-state index in [1.807, 2.05) is 5.32 Å². The predicted octanol–water partition coefficient (Wildman–Crippen LogP) is -3.10. The molecule has 1 amide bonds. The first-order chi connectivity index (χ1) is 5.99. The lowest BCUT2D eigenvalue weighted by molar-refractivity contribution is -0.142. The number of carboxylic acids is 1. The van der Waals surface area contributed by atoms with E-state index in [1.54, 1.807) is 0 Å². The smallest absolute Gasteiger partial charge is 0.322 e. The van der Waals surface area contributed by atoms with Crippen molar-refractivity contribution in [1.29, 1.82) is 0 Å². The number of aliphatic hydroxyl groups excluding tert-OH is 3. The molecule has 2 atom stereocenters. The quantitative estimate of drug-likeness (QED) is 0.315. The average molecular weight is 193 g/mol. The van der Waals surface area contributed by atoms with Gasteiger partial charge in [0.25, 0.3) is 5.91 Å². The summed E-state index contributed by atoms with van der Waals surface area (Å²) in [6.07, 6.45) is -3.42. The molecular weight excluding hydrogens is 182 g/mol. The zero-order valence-corrected chi connectivity index (χ0v) is 6.67. The van der Waals surface area contributed by atoms with Gasteiger partial charge in [0.1, 0.15) is 12.6 Å². The van der Waals surface area contributed by atoms with Crippen LogP contribution >= 0.6 is 0 Å². The number of nitrogens with one attached hydrogen (secondary N) is 1. The third-order valence-corrected chi connectivity index (χ3v) is 1.23. The summed E-state index contributed by atoms with van der Waals surface area (Å²) < 4.78 is 0. The number of aliphatic carboxylic acids is 1. The first-order valence-corrected chi connectivity index (χ1v) is 3.45. The number of carbonyl (C=O) groups excluding carboxylic acids is 1. The first kappa shape index (κ1) is 11.8. The molecule has 0 saturated heterocycles. The maximum Gasteiger partial charge on any atom is 0.322 e. The molecule has 0 aromatic heterocycles. The van der Waals surface area contributed by atoms with Crippen LogP contribution in [0.3, 0.4) is 0 Å². The van der Waals surface area contributed by atoms with Crippen molar-refractivity contribution in [3.05, 3.63) is 0 Å². The molecule has 0 heterocycles. The summed E-state index contributed by atoms with van der Waals surface area (Å²) in [5, 5.41) is 35.9. The van der Waals surface area contributed by atoms with Crippen LogP contribution < -0.4 is 5.32 Å². The Balaban J connectivity index is 3.89. The van der Waals surface area contributed by atoms with Gasteiger partial charge >= 0.3 is 5.97 Å². The molecule has 0 saturated carbocycles. The minimum absolute atomic E-state index is 0.645. The number of carboxylic acid groups (broad SMARTS) is 1. The number of aliphatic hydroxyl groups is 3. The highest BCUT2D eigenvalue weighted by molar-refractivity contribution is 5.84. The van der Waals surface area contributed by atoms with E-state index in [-0.39, 0.29) is 0 Å². The highest BCUT2D eigenvalue weighted by atomic mass is 16.4. The van der Waals surface area contributed by atoms with E-state index in [4.69, 9.17) is 20.4 Å². The van der Waals surface area contributed by atoms with Gasteiger partial charge in [0, 0.05) is 0 Å². The Morgan fingerprint density at radius 3 is 2.23 bits per heavy atom. The Bertz CT molecular complexity index is 194. The summed E-state index contributed by atoms with van der Waals surface area (Å²) in [5.41, 5.74) is 0. The molecule has 0 aromatic rings. The third-order valence-electron chi connectivity index (χ3n) is 1.23. The van der Waals surface area contributed by atoms with Gasteiger partial charge in [0.05, 0.1) is 6.61 Å². The van der Waals surface area contributed by atoms with E-state index in [2.05, 4.69) is 0 Å². The van der Waals surface area contributed by atoms with Crippen molar-refractivity contribution >= 4 is 11.9 Å². The van der Waals surface area contributed by atoms with E-state index >= 15 is 0 Å². The van der Waals surface area contributed by atoms with E-state index < -0.39 is 37.2 Å². The summed E-state index contributed by atoms with van der Waals surface area (Å²) in [5.74, 6) is -2.30. The van der Waals surface area contributed by atoms with Gasteiger partial charge in [0.2, 0.25) is 0 Å². The SMILES string of the molecule is O=C(O)CNC(=O)C(O)C(O)CO. The van der Waals surface area contributed by atoms with Crippen LogP contribution in [-0.4, -0.2) is 57.7 Å². The van der Waals surface area contributed by atoms with Gasteiger partial charge in [-0.1, -0.05) is 0 Å². The van der Waals surface area contributed by atoms with Crippen LogP contribution in [0.1, 0.15) is 0 Å². The topological polar surface area (TPSA) is 127 Å². The van der Waals surface area contributed by atoms with Crippen molar-refractivity contribution in [3.63, 3.8) is 0 Å². The summed E-state index contributed by atoms with van der Waals surface area (Å²) in [4.78, 5) is 20.7. The lowest BCUT2D eigenvalue weighted by atomic mass is 10.2. The van der Waals surface area contributed by atoms with Crippen LogP contribution in [0.5, 0.6) is 0 Å². The van der Waals surface area contributed by atoms with Crippen molar-refractivity contribution in [2.24, 2.45) is 0 Å². The van der Waals surface area contributed by atoms with Crippen LogP contribution in [0.15, 0.2) is 0 Å². The van der Waals surface area contributed by atoms with Crippen molar-refractivity contribution in [3.8, 4) is 0 Å². The Kier molecular flexibility index (Phi) is 4.97. The fourth-order valence-electron chi connectivity index (χ4n) is 0.542. The predicted molar refractivity (Wildman–Crippen MR) is 39.7 cm³/mol. The van der Waals surface area contributed by atoms with Crippen LogP contribution in [0, 0.1) is 0 Å². The summed E-state index contributed by atoms with van der Waals surface area (Å²) in [7, 11) is 0. The molecule has 7 heteroatoms. The molecule has 76 valence electrons. The van der Waals surface area contributed by atoms with E-state index in [9.17, 15) is 9.59 Å². The third kappa shape index (κ3) is 4.41. The molecule has 0 spiro atoms. The molecule has 5 N–H and O–H groups in total. The maximum atomic E-state index is 10.8. The van der Waals surface area contributed by atoms with Crippen LogP contribution in [0.25, 0.3) is 0 Å². The number of hydrogen-bond donors (Lipinski definition) is 5. The first-order valence-electron chi connectivity index (χ1n) is 3.45. The molecule has 0 aromatic carbocycles. The van der Waals surface area contributed by atoms with Gasteiger partial charge in [-0.05, 0) is 0 Å². The van der Waals surface area contributed by atoms with Crippen molar-refractivity contribution in [1.82, 2.24) is 5.32 Å². The van der Waals surface area contributed by atoms with E-state index in [0.717, 1.165) is 0 Å². The summed E-state index contributed by atoms with van der Waals surface area (Å²) in [6.45, 7) is -1.42. The monoisotopic (exact) mass is 193 g/mol. The molecule has 0 bridgehead atoms. The lowest BCUT2D eigenvalue weighted by Gasteiger charge is -2.14. The second-order valence-corrected chi connectivity index (χ2v) is 2.31. The van der Waals surface area contributed by atoms with Gasteiger partial charge in [-0.15, -0.1) is 0 Å². The van der Waals surface area contributed by atoms with Crippen molar-refractivity contribution < 1.29 is 30.0 Å². The molecule has 0 aliphatic carbocycles. The van der Waals surface area contributed by atoms with E-state index in [0.29, 0.717) is 0 Å². The van der Waals surface area contributed by atoms with Crippen molar-refractivity contribution in [2.75, 3.05) is 13.2 Å². The van der Waals surface area contributed by atoms with Gasteiger partial charge in [0.15, 0.2) is 6.10 Å². The summed E-state index contributed by atoms with van der Waals surface area (Å²) >= 11 is 0. The van der Waals surface area contributed by atoms with Crippen LogP contribution in [0.4, 0.5) is 0 Å². The molecule has 7 nitrogen and oxygen atoms in total. The Labute approximate surface area is 73.6 Å². The van der Waals surface area contributed by atoms with Gasteiger partial charge < -0.3 is 25.7 Å². The van der Waals surface area contributed by atoms with Gasteiger partial charge in [-0.3, -0.25) is 9.59 Å². The molecule has 13 heavy (non-hydrogen) atoms. The van der Waals surface area contributed by atoms with Gasteiger partial charge in [-0.2, -0.15) is 0 Å². The zero-order valence-electron chi connectivity index (χ0n) is 6.67. The zero-order chi connectivity index (χ0) is 10.4. The van der Waals surface area contributed by atoms with E-state index in [1.165, 1.54) is 0 Å². The second-order valence-electron chi connectivity index (χ2n) is 2.31. The molecule has 0 rings (SSSR count). The molecular formula is C6H11NO6. The highest BCUT2D eigenvalue weighted by Gasteiger charge is 2.23. The Hall–Kier alpha value is -1.18. The van der Waals surface area contributed by atoms with Gasteiger partial charge in [-0.25, -0.2) is 0 Å². The number of rotatable bonds is 5. The number of carbonyl (C=O) groups is 2. The second kappa shape index (κ2) is 5.46. The fraction of sp³-hybridized carbons (Fsp3) is 0.667. The molecule has 2 unspecified atom stereocenters. The Morgan fingerprint density at radius 1 is 1.31 bits per heavy atom. The van der Waals surface area contributed by atoms with Crippen molar-refractivity contribution in [2.45, 2.75) is 12.2 Å². The largest absolute Gasteiger partial charge is 0.480 e. The average Bonchev–Trinajstić information content (AvgIpc) is 2.11. The fourth-order valence-corrected chi connectivity index (χ4v) is 0.542. The molecule has 0 radical (unpaired) electrons. The Morgan fingerprint density at radius 2 is 1.85 bits per heavy atom. The van der Waals surface area contributed by atoms with Crippen LogP contribution in [0.2, 0.25) is 0 Å². The summed E-state index contributed by atoms with van der Waals surface area (Å²) in [6, 6.07) is 0. The number of amides is 1. The maximum absolute atomic E-state index is 10.8.